The summed E-state index contributed by atoms with van der Waals surface area (Å²) in [5.74, 6) is 0. The zero-order chi connectivity index (χ0) is 25.3. The summed E-state index contributed by atoms with van der Waals surface area (Å²) < 4.78 is 3.13. The van der Waals surface area contributed by atoms with E-state index in [4.69, 9.17) is 0 Å². The monoisotopic (exact) mass is 517 g/mol. The second-order valence-electron chi connectivity index (χ2n) is 13.2. The summed E-state index contributed by atoms with van der Waals surface area (Å²) in [6, 6.07) is 22.6. The lowest BCUT2D eigenvalue weighted by molar-refractivity contribution is 0.552. The molecule has 1 nitrogen and oxygen atoms in total. The van der Waals surface area contributed by atoms with Gasteiger partial charge in [-0.15, -0.1) is 6.58 Å². The van der Waals surface area contributed by atoms with Gasteiger partial charge in [0.25, 0.3) is 0 Å². The average Bonchev–Trinajstić information content (AvgIpc) is 3.10. The lowest BCUT2D eigenvalue weighted by Crippen LogP contribution is -2.67. The second kappa shape index (κ2) is 8.00. The van der Waals surface area contributed by atoms with Gasteiger partial charge in [-0.25, -0.2) is 0 Å². The molecular formula is C29H43NSi4. The molecule has 0 bridgehead atoms. The third kappa shape index (κ3) is 3.46. The number of nitrogens with zero attached hydrogens (tertiary/aromatic N) is 1. The summed E-state index contributed by atoms with van der Waals surface area (Å²) >= 11 is 0. The molecule has 0 radical (unpaired) electrons. The SMILES string of the molecule is C=CC12C(c3ccccc3)=C([Si](C)(C)C)[Si](C)(C)N1[Si](C)(C)C([Si](C)(C)C)=C2c1ccccc1. The first kappa shape index (κ1) is 25.6. The van der Waals surface area contributed by atoms with Crippen molar-refractivity contribution in [2.75, 3.05) is 0 Å². The third-order valence-corrected chi connectivity index (χ3v) is 28.8. The van der Waals surface area contributed by atoms with Crippen molar-refractivity contribution in [1.82, 2.24) is 4.23 Å². The maximum Gasteiger partial charge on any atom is 0.141 e. The van der Waals surface area contributed by atoms with Crippen LogP contribution in [0.25, 0.3) is 11.1 Å². The molecular weight excluding hydrogens is 475 g/mol. The van der Waals surface area contributed by atoms with Crippen molar-refractivity contribution in [1.29, 1.82) is 0 Å². The number of hydrogen-bond donors (Lipinski definition) is 0. The molecule has 0 unspecified atom stereocenters. The van der Waals surface area contributed by atoms with Crippen LogP contribution in [0.2, 0.25) is 65.5 Å². The minimum absolute atomic E-state index is 0.237. The third-order valence-electron chi connectivity index (χ3n) is 7.88. The van der Waals surface area contributed by atoms with Gasteiger partial charge in [0.2, 0.25) is 0 Å². The van der Waals surface area contributed by atoms with Crippen molar-refractivity contribution in [2.24, 2.45) is 0 Å². The van der Waals surface area contributed by atoms with Gasteiger partial charge in [-0.3, -0.25) is 0 Å². The fourth-order valence-corrected chi connectivity index (χ4v) is 37.2. The Bertz CT molecular complexity index is 1090. The first-order chi connectivity index (χ1) is 15.6. The molecule has 34 heavy (non-hydrogen) atoms. The van der Waals surface area contributed by atoms with E-state index in [2.05, 4.69) is 143 Å². The van der Waals surface area contributed by atoms with Gasteiger partial charge in [-0.1, -0.05) is 142 Å². The highest BCUT2D eigenvalue weighted by Crippen LogP contribution is 2.64. The van der Waals surface area contributed by atoms with E-state index in [1.807, 2.05) is 9.64 Å². The van der Waals surface area contributed by atoms with Gasteiger partial charge in [0, 0.05) is 0 Å². The van der Waals surface area contributed by atoms with Gasteiger partial charge >= 0.3 is 0 Å². The molecule has 5 heteroatoms. The van der Waals surface area contributed by atoms with Crippen LogP contribution in [-0.2, 0) is 0 Å². The van der Waals surface area contributed by atoms with Crippen LogP contribution in [0.15, 0.2) is 83.0 Å². The van der Waals surface area contributed by atoms with E-state index in [-0.39, 0.29) is 5.54 Å². The Morgan fingerprint density at radius 1 is 0.647 bits per heavy atom. The van der Waals surface area contributed by atoms with E-state index in [0.29, 0.717) is 0 Å². The molecule has 2 heterocycles. The molecule has 0 aromatic heterocycles. The Morgan fingerprint density at radius 2 is 0.971 bits per heavy atom. The van der Waals surface area contributed by atoms with E-state index in [1.54, 1.807) is 11.1 Å². The van der Waals surface area contributed by atoms with Crippen LogP contribution >= 0.6 is 0 Å². The van der Waals surface area contributed by atoms with Crippen molar-refractivity contribution in [2.45, 2.75) is 71.0 Å². The first-order valence-corrected chi connectivity index (χ1v) is 25.6. The maximum absolute atomic E-state index is 4.66. The van der Waals surface area contributed by atoms with Gasteiger partial charge < -0.3 is 4.23 Å². The van der Waals surface area contributed by atoms with Crippen LogP contribution in [0.3, 0.4) is 0 Å². The fraction of sp³-hybridized carbons (Fsp3) is 0.379. The molecule has 4 rings (SSSR count). The highest BCUT2D eigenvalue weighted by Gasteiger charge is 2.69. The predicted molar refractivity (Wildman–Crippen MR) is 163 cm³/mol. The van der Waals surface area contributed by atoms with E-state index >= 15 is 0 Å². The minimum atomic E-state index is -1.96. The number of benzene rings is 2. The average molecular weight is 518 g/mol. The molecule has 2 aromatic carbocycles. The summed E-state index contributed by atoms with van der Waals surface area (Å²) in [4.78, 5) is 3.66. The number of fused-ring (bicyclic) bond motifs is 1. The van der Waals surface area contributed by atoms with E-state index in [9.17, 15) is 0 Å². The van der Waals surface area contributed by atoms with Crippen LogP contribution in [0.5, 0.6) is 0 Å². The van der Waals surface area contributed by atoms with E-state index in [1.165, 1.54) is 11.1 Å². The van der Waals surface area contributed by atoms with Crippen molar-refractivity contribution in [3.05, 3.63) is 94.1 Å². The van der Waals surface area contributed by atoms with Crippen LogP contribution in [-0.4, -0.2) is 42.4 Å². The lowest BCUT2D eigenvalue weighted by Gasteiger charge is -2.49. The molecule has 0 amide bonds. The summed E-state index contributed by atoms with van der Waals surface area (Å²) in [5, 5.41) is 0. The Hall–Kier alpha value is -1.51. The molecule has 0 saturated heterocycles. The zero-order valence-electron chi connectivity index (χ0n) is 23.0. The van der Waals surface area contributed by atoms with Gasteiger partial charge in [0.1, 0.15) is 16.5 Å². The zero-order valence-corrected chi connectivity index (χ0v) is 27.0. The molecule has 0 aliphatic carbocycles. The summed E-state index contributed by atoms with van der Waals surface area (Å²) in [6.45, 7) is 30.7. The Kier molecular flexibility index (Phi) is 6.02. The van der Waals surface area contributed by atoms with Crippen LogP contribution < -0.4 is 0 Å². The smallest absolute Gasteiger partial charge is 0.141 e. The molecule has 0 saturated carbocycles. The number of rotatable bonds is 5. The van der Waals surface area contributed by atoms with Gasteiger partial charge in [0.15, 0.2) is 0 Å². The first-order valence-electron chi connectivity index (χ1n) is 12.7. The van der Waals surface area contributed by atoms with E-state index < -0.39 is 32.6 Å². The lowest BCUT2D eigenvalue weighted by atomic mass is 9.78. The van der Waals surface area contributed by atoms with Crippen LogP contribution in [0, 0.1) is 0 Å². The fourth-order valence-electron chi connectivity index (χ4n) is 7.96. The maximum atomic E-state index is 4.66. The topological polar surface area (TPSA) is 3.24 Å². The molecule has 180 valence electrons. The van der Waals surface area contributed by atoms with Crippen LogP contribution in [0.1, 0.15) is 11.1 Å². The molecule has 2 aliphatic heterocycles. The van der Waals surface area contributed by atoms with Crippen molar-refractivity contribution in [3.63, 3.8) is 0 Å². The Balaban J connectivity index is 2.28. The minimum Gasteiger partial charge on any atom is -0.323 e. The Labute approximate surface area is 212 Å². The summed E-state index contributed by atoms with van der Waals surface area (Å²) in [6.07, 6.45) is 2.36. The molecule has 0 N–H and O–H groups in total. The second-order valence-corrected chi connectivity index (χ2v) is 32.7. The van der Waals surface area contributed by atoms with Gasteiger partial charge in [-0.05, 0) is 22.3 Å². The highest BCUT2D eigenvalue weighted by atomic mass is 28.4. The Morgan fingerprint density at radius 3 is 1.24 bits per heavy atom. The van der Waals surface area contributed by atoms with Crippen molar-refractivity contribution in [3.8, 4) is 0 Å². The van der Waals surface area contributed by atoms with E-state index in [0.717, 1.165) is 0 Å². The predicted octanol–water partition coefficient (Wildman–Crippen LogP) is 8.39. The normalized spacial score (nSPS) is 21.7. The number of hydrogen-bond acceptors (Lipinski definition) is 1. The quantitative estimate of drug-likeness (QED) is 0.284. The highest BCUT2D eigenvalue weighted by molar-refractivity contribution is 7.15. The molecule has 0 spiro atoms. The molecule has 2 aromatic rings. The van der Waals surface area contributed by atoms with Gasteiger partial charge in [-0.2, -0.15) is 0 Å². The summed E-state index contributed by atoms with van der Waals surface area (Å²) in [5.41, 5.74) is 5.74. The van der Waals surface area contributed by atoms with Crippen LogP contribution in [0.4, 0.5) is 0 Å². The standard InChI is InChI=1S/C29H43NSi4/c1-12-29-25(23-19-15-13-16-20-23)27(31(2,3)4)33(8,9)30(29)34(10,11)28(32(5,6)7)26(29)24-21-17-14-18-22-24/h12-22H,1H2,2-11H3. The molecule has 0 fully saturated rings. The van der Waals surface area contributed by atoms with Gasteiger partial charge in [0.05, 0.1) is 21.7 Å². The summed E-state index contributed by atoms with van der Waals surface area (Å²) in [7, 11) is -7.18. The largest absolute Gasteiger partial charge is 0.323 e. The van der Waals surface area contributed by atoms with Crippen molar-refractivity contribution >= 4 is 43.8 Å². The molecule has 0 atom stereocenters. The molecule has 2 aliphatic rings. The van der Waals surface area contributed by atoms with Crippen molar-refractivity contribution < 1.29 is 0 Å².